The number of aromatic carboxylic acids is 1. The summed E-state index contributed by atoms with van der Waals surface area (Å²) in [5, 5.41) is 17.2. The van der Waals surface area contributed by atoms with Gasteiger partial charge in [-0.2, -0.15) is 0 Å². The minimum atomic E-state index is -1.28. The lowest BCUT2D eigenvalue weighted by Gasteiger charge is -2.14. The molecule has 0 aliphatic carbocycles. The first-order chi connectivity index (χ1) is 15.2. The fourth-order valence-electron chi connectivity index (χ4n) is 2.79. The van der Waals surface area contributed by atoms with Crippen molar-refractivity contribution in [1.29, 1.82) is 0 Å². The number of rotatable bonds is 8. The number of hydrogen-bond donors (Lipinski definition) is 2. The van der Waals surface area contributed by atoms with Crippen LogP contribution in [0.4, 0.5) is 4.79 Å². The number of benzene rings is 2. The van der Waals surface area contributed by atoms with Gasteiger partial charge in [0.1, 0.15) is 13.2 Å². The third kappa shape index (κ3) is 5.29. The third-order valence-electron chi connectivity index (χ3n) is 4.30. The van der Waals surface area contributed by atoms with E-state index in [0.29, 0.717) is 38.2 Å². The number of imide groups is 1. The van der Waals surface area contributed by atoms with E-state index in [1.807, 2.05) is 0 Å². The summed E-state index contributed by atoms with van der Waals surface area (Å²) in [5.74, 6) is -2.22. The first-order valence-corrected chi connectivity index (χ1v) is 10.6. The van der Waals surface area contributed by atoms with Gasteiger partial charge in [-0.15, -0.1) is 0 Å². The van der Waals surface area contributed by atoms with Crippen LogP contribution >= 0.6 is 27.7 Å². The van der Waals surface area contributed by atoms with Crippen LogP contribution in [0.25, 0.3) is 6.08 Å². The Morgan fingerprint density at radius 1 is 1.16 bits per heavy atom. The highest BCUT2D eigenvalue weighted by molar-refractivity contribution is 9.10. The number of carbonyl (C=O) groups excluding carboxylic acids is 2. The van der Waals surface area contributed by atoms with Crippen LogP contribution in [0.5, 0.6) is 11.5 Å². The van der Waals surface area contributed by atoms with Gasteiger partial charge in [0.2, 0.25) is 0 Å². The van der Waals surface area contributed by atoms with E-state index in [1.165, 1.54) is 25.3 Å². The molecule has 1 fully saturated rings. The van der Waals surface area contributed by atoms with Gasteiger partial charge in [-0.1, -0.05) is 12.1 Å². The highest BCUT2D eigenvalue weighted by atomic mass is 79.9. The number of aliphatic carboxylic acids is 1. The minimum Gasteiger partial charge on any atom is -0.493 e. The highest BCUT2D eigenvalue weighted by Gasteiger charge is 2.36. The molecule has 0 radical (unpaired) electrons. The summed E-state index contributed by atoms with van der Waals surface area (Å²) in [4.78, 5) is 46.8. The molecule has 9 nitrogen and oxygen atoms in total. The molecule has 32 heavy (non-hydrogen) atoms. The van der Waals surface area contributed by atoms with E-state index in [0.717, 1.165) is 5.56 Å². The third-order valence-corrected chi connectivity index (χ3v) is 5.80. The van der Waals surface area contributed by atoms with Crippen molar-refractivity contribution >= 4 is 56.9 Å². The summed E-state index contributed by atoms with van der Waals surface area (Å²) >= 11 is 4.06. The van der Waals surface area contributed by atoms with Crippen molar-refractivity contribution in [2.24, 2.45) is 0 Å². The lowest BCUT2D eigenvalue weighted by Crippen LogP contribution is -2.33. The quantitative estimate of drug-likeness (QED) is 0.497. The number of carboxylic acids is 2. The summed E-state index contributed by atoms with van der Waals surface area (Å²) in [7, 11) is 1.45. The zero-order valence-electron chi connectivity index (χ0n) is 16.5. The van der Waals surface area contributed by atoms with E-state index in [1.54, 1.807) is 24.3 Å². The van der Waals surface area contributed by atoms with Crippen molar-refractivity contribution in [3.63, 3.8) is 0 Å². The molecular weight excluding hydrogens is 506 g/mol. The Labute approximate surface area is 194 Å². The molecule has 1 aliphatic heterocycles. The average Bonchev–Trinajstić information content (AvgIpc) is 2.99. The second kappa shape index (κ2) is 9.88. The molecule has 0 spiro atoms. The van der Waals surface area contributed by atoms with E-state index in [9.17, 15) is 19.2 Å². The molecule has 2 amide bonds. The molecule has 1 saturated heterocycles. The first kappa shape index (κ1) is 23.4. The molecule has 2 N–H and O–H groups in total. The van der Waals surface area contributed by atoms with Gasteiger partial charge < -0.3 is 19.7 Å². The van der Waals surface area contributed by atoms with E-state index in [-0.39, 0.29) is 17.1 Å². The number of methoxy groups -OCH3 is 1. The summed E-state index contributed by atoms with van der Waals surface area (Å²) in [6, 6.07) is 9.52. The van der Waals surface area contributed by atoms with Crippen molar-refractivity contribution in [3.05, 3.63) is 62.5 Å². The lowest BCUT2D eigenvalue weighted by molar-refractivity contribution is -0.140. The van der Waals surface area contributed by atoms with Gasteiger partial charge in [0, 0.05) is 0 Å². The van der Waals surface area contributed by atoms with E-state index >= 15 is 0 Å². The molecule has 0 atom stereocenters. The van der Waals surface area contributed by atoms with E-state index in [2.05, 4.69) is 15.9 Å². The van der Waals surface area contributed by atoms with Crippen molar-refractivity contribution in [3.8, 4) is 11.5 Å². The Morgan fingerprint density at radius 2 is 1.84 bits per heavy atom. The maximum atomic E-state index is 12.3. The van der Waals surface area contributed by atoms with Gasteiger partial charge in [0.25, 0.3) is 11.1 Å². The van der Waals surface area contributed by atoms with E-state index < -0.39 is 29.6 Å². The summed E-state index contributed by atoms with van der Waals surface area (Å²) in [6.45, 7) is -0.544. The molecule has 0 unspecified atom stereocenters. The summed E-state index contributed by atoms with van der Waals surface area (Å²) < 4.78 is 11.7. The molecule has 166 valence electrons. The standard InChI is InChI=1S/C21H16BrNO8S/c1-30-15-7-12(8-16-19(26)23(9-17(24)25)21(29)32-16)6-14(22)18(15)31-10-11-2-4-13(5-3-11)20(27)28/h2-8H,9-10H2,1H3,(H,24,25)(H,27,28)/b16-8+. The van der Waals surface area contributed by atoms with Crippen LogP contribution in [-0.2, 0) is 16.2 Å². The van der Waals surface area contributed by atoms with Gasteiger partial charge in [0.15, 0.2) is 11.5 Å². The number of ether oxygens (including phenoxy) is 2. The lowest BCUT2D eigenvalue weighted by atomic mass is 10.1. The minimum absolute atomic E-state index is 0.0948. The van der Waals surface area contributed by atoms with Crippen LogP contribution in [0, 0.1) is 0 Å². The number of carbonyl (C=O) groups is 4. The Bertz CT molecular complexity index is 1130. The Balaban J connectivity index is 1.80. The zero-order chi connectivity index (χ0) is 23.4. The molecule has 0 saturated carbocycles. The first-order valence-electron chi connectivity index (χ1n) is 8.99. The monoisotopic (exact) mass is 521 g/mol. The van der Waals surface area contributed by atoms with Gasteiger partial charge in [0.05, 0.1) is 22.1 Å². The number of thioether (sulfide) groups is 1. The molecule has 2 aromatic rings. The second-order valence-electron chi connectivity index (χ2n) is 6.49. The largest absolute Gasteiger partial charge is 0.493 e. The van der Waals surface area contributed by atoms with Crippen LogP contribution in [0.1, 0.15) is 21.5 Å². The van der Waals surface area contributed by atoms with Crippen LogP contribution in [0.2, 0.25) is 0 Å². The Kier molecular flexibility index (Phi) is 7.21. The fraction of sp³-hybridized carbons (Fsp3) is 0.143. The zero-order valence-corrected chi connectivity index (χ0v) is 18.9. The number of amides is 2. The average molecular weight is 522 g/mol. The molecule has 0 bridgehead atoms. The fourth-order valence-corrected chi connectivity index (χ4v) is 4.20. The number of nitrogens with zero attached hydrogens (tertiary/aromatic N) is 1. The van der Waals surface area contributed by atoms with E-state index in [4.69, 9.17) is 19.7 Å². The van der Waals surface area contributed by atoms with Gasteiger partial charge >= 0.3 is 11.9 Å². The topological polar surface area (TPSA) is 130 Å². The highest BCUT2D eigenvalue weighted by Crippen LogP contribution is 2.39. The van der Waals surface area contributed by atoms with Crippen LogP contribution < -0.4 is 9.47 Å². The molecule has 1 heterocycles. The van der Waals surface area contributed by atoms with Gasteiger partial charge in [-0.25, -0.2) is 4.79 Å². The van der Waals surface area contributed by atoms with Crippen molar-refractivity contribution in [2.75, 3.05) is 13.7 Å². The summed E-state index contributed by atoms with van der Waals surface area (Å²) in [5.41, 5.74) is 1.46. The number of carboxylic acid groups (broad SMARTS) is 2. The van der Waals surface area contributed by atoms with Crippen LogP contribution in [0.3, 0.4) is 0 Å². The maximum absolute atomic E-state index is 12.3. The molecule has 1 aliphatic rings. The Morgan fingerprint density at radius 3 is 2.44 bits per heavy atom. The Hall–Kier alpha value is -3.31. The predicted molar refractivity (Wildman–Crippen MR) is 119 cm³/mol. The summed E-state index contributed by atoms with van der Waals surface area (Å²) in [6.07, 6.45) is 1.47. The number of hydrogen-bond acceptors (Lipinski definition) is 7. The smallest absolute Gasteiger partial charge is 0.335 e. The van der Waals surface area contributed by atoms with Crippen LogP contribution in [-0.4, -0.2) is 51.9 Å². The van der Waals surface area contributed by atoms with Crippen molar-refractivity contribution in [2.45, 2.75) is 6.61 Å². The molecule has 3 rings (SSSR count). The normalized spacial score (nSPS) is 14.7. The predicted octanol–water partition coefficient (Wildman–Crippen LogP) is 3.86. The number of halogens is 1. The SMILES string of the molecule is COc1cc(/C=C2/SC(=O)N(CC(=O)O)C2=O)cc(Br)c1OCc1ccc(C(=O)O)cc1. The van der Waals surface area contributed by atoms with Crippen molar-refractivity contribution < 1.29 is 38.9 Å². The van der Waals surface area contributed by atoms with Gasteiger partial charge in [-0.05, 0) is 69.2 Å². The van der Waals surface area contributed by atoms with Crippen LogP contribution in [0.15, 0.2) is 45.8 Å². The second-order valence-corrected chi connectivity index (χ2v) is 8.33. The molecular formula is C21H16BrNO8S. The molecule has 11 heteroatoms. The molecule has 0 aromatic heterocycles. The molecule has 2 aromatic carbocycles. The maximum Gasteiger partial charge on any atom is 0.335 e. The van der Waals surface area contributed by atoms with Crippen molar-refractivity contribution in [1.82, 2.24) is 4.90 Å². The van der Waals surface area contributed by atoms with Gasteiger partial charge in [-0.3, -0.25) is 19.3 Å².